The smallest absolute Gasteiger partial charge is 0.480 e. The largest absolute Gasteiger partial charge is 0.490 e. The number of nitrogen functional groups attached to an aromatic ring is 1. The fraction of sp³-hybridized carbons (Fsp3) is 0.381. The summed E-state index contributed by atoms with van der Waals surface area (Å²) in [4.78, 5) is 33.7. The average Bonchev–Trinajstić information content (AvgIpc) is 3.22. The number of carbonyl (C=O) groups excluding carboxylic acids is 1. The highest BCUT2D eigenvalue weighted by atomic mass is 19.4. The van der Waals surface area contributed by atoms with E-state index in [0.717, 1.165) is 10.5 Å². The van der Waals surface area contributed by atoms with Crippen LogP contribution in [0.1, 0.15) is 24.1 Å². The first kappa shape index (κ1) is 30.0. The lowest BCUT2D eigenvalue weighted by molar-refractivity contribution is -0.192. The number of carboxylic acids is 2. The van der Waals surface area contributed by atoms with Crippen molar-refractivity contribution in [2.45, 2.75) is 38.9 Å². The van der Waals surface area contributed by atoms with E-state index in [1.807, 2.05) is 13.0 Å². The van der Waals surface area contributed by atoms with Gasteiger partial charge in [-0.2, -0.15) is 13.2 Å². The topological polar surface area (TPSA) is 152 Å². The number of aryl methyl sites for hydroxylation is 1. The molecular weight excluding hydrogens is 497 g/mol. The van der Waals surface area contributed by atoms with E-state index in [2.05, 4.69) is 16.9 Å². The predicted octanol–water partition coefficient (Wildman–Crippen LogP) is 3.05. The molecule has 0 aliphatic heterocycles. The Hall–Kier alpha value is -4.04. The molecule has 0 spiro atoms. The molecule has 1 amide bonds. The third-order valence-electron chi connectivity index (χ3n) is 4.56. The Morgan fingerprint density at radius 2 is 1.86 bits per heavy atom. The first-order valence-electron chi connectivity index (χ1n) is 10.1. The Morgan fingerprint density at radius 1 is 1.25 bits per heavy atom. The van der Waals surface area contributed by atoms with Crippen molar-refractivity contribution in [1.82, 2.24) is 19.9 Å². The predicted molar refractivity (Wildman–Crippen MR) is 116 cm³/mol. The number of carbonyl (C=O) groups is 3. The zero-order valence-corrected chi connectivity index (χ0v) is 19.0. The first-order valence-corrected chi connectivity index (χ1v) is 10.1. The fourth-order valence-electron chi connectivity index (χ4n) is 2.81. The highest BCUT2D eigenvalue weighted by Gasteiger charge is 2.38. The van der Waals surface area contributed by atoms with Crippen LogP contribution in [0.25, 0.3) is 5.69 Å². The van der Waals surface area contributed by atoms with Crippen molar-refractivity contribution in [3.63, 3.8) is 0 Å². The van der Waals surface area contributed by atoms with Gasteiger partial charge in [0.05, 0.1) is 18.4 Å². The van der Waals surface area contributed by atoms with Gasteiger partial charge in [-0.25, -0.2) is 18.3 Å². The average molecular weight is 521 g/mol. The number of hydrogen-bond donors (Lipinski definition) is 3. The van der Waals surface area contributed by atoms with Gasteiger partial charge in [-0.15, -0.1) is 11.7 Å². The van der Waals surface area contributed by atoms with Gasteiger partial charge in [0.2, 0.25) is 12.3 Å². The number of hydrogen-bond acceptors (Lipinski definition) is 6. The molecule has 0 aliphatic carbocycles. The molecule has 1 heterocycles. The van der Waals surface area contributed by atoms with Crippen LogP contribution >= 0.6 is 0 Å². The number of allylic oxidation sites excluding steroid dienone is 1. The maximum Gasteiger partial charge on any atom is 0.490 e. The van der Waals surface area contributed by atoms with Crippen molar-refractivity contribution < 1.29 is 46.5 Å². The Labute approximate surface area is 201 Å². The van der Waals surface area contributed by atoms with Crippen LogP contribution in [0, 0.1) is 12.8 Å². The van der Waals surface area contributed by atoms with Gasteiger partial charge < -0.3 is 20.8 Å². The van der Waals surface area contributed by atoms with Crippen molar-refractivity contribution in [3.8, 4) is 5.69 Å². The van der Waals surface area contributed by atoms with Crippen molar-refractivity contribution >= 4 is 23.5 Å². The molecule has 198 valence electrons. The number of nitrogens with zero attached hydrogens (tertiary/aromatic N) is 4. The van der Waals surface area contributed by atoms with Gasteiger partial charge in [0, 0.05) is 18.0 Å². The number of aromatic nitrogens is 3. The number of anilines is 1. The maximum absolute atomic E-state index is 12.8. The minimum absolute atomic E-state index is 0.0224. The number of nitrogens with two attached hydrogens (primary N) is 1. The summed E-state index contributed by atoms with van der Waals surface area (Å²) in [6.45, 7) is 4.52. The number of carboxylic acid groups (broad SMARTS) is 2. The van der Waals surface area contributed by atoms with Crippen LogP contribution in [-0.4, -0.2) is 67.1 Å². The molecule has 1 aromatic heterocycles. The van der Waals surface area contributed by atoms with Crippen LogP contribution in [0.5, 0.6) is 0 Å². The molecule has 0 bridgehead atoms. The number of amides is 1. The second-order valence-electron chi connectivity index (χ2n) is 7.43. The molecule has 10 nitrogen and oxygen atoms in total. The number of aliphatic carboxylic acids is 2. The first-order chi connectivity index (χ1) is 16.6. The Bertz CT molecular complexity index is 1070. The van der Waals surface area contributed by atoms with Crippen LogP contribution in [0.15, 0.2) is 37.1 Å². The van der Waals surface area contributed by atoms with E-state index in [9.17, 15) is 31.5 Å². The molecule has 0 saturated carbocycles. The van der Waals surface area contributed by atoms with E-state index in [-0.39, 0.29) is 13.0 Å². The third kappa shape index (κ3) is 9.68. The summed E-state index contributed by atoms with van der Waals surface area (Å²) in [7, 11) is 0. The van der Waals surface area contributed by atoms with Crippen molar-refractivity contribution in [2.75, 3.05) is 12.3 Å². The number of alkyl halides is 5. The van der Waals surface area contributed by atoms with Crippen molar-refractivity contribution in [1.29, 1.82) is 0 Å². The quantitative estimate of drug-likeness (QED) is 0.245. The molecule has 1 unspecified atom stereocenters. The fourth-order valence-corrected chi connectivity index (χ4v) is 2.81. The Balaban J connectivity index is 0.000000809. The van der Waals surface area contributed by atoms with Crippen molar-refractivity contribution in [2.24, 2.45) is 5.92 Å². The van der Waals surface area contributed by atoms with Crippen LogP contribution in [0.2, 0.25) is 0 Å². The molecule has 1 atom stereocenters. The van der Waals surface area contributed by atoms with E-state index in [0.29, 0.717) is 17.1 Å². The molecule has 36 heavy (non-hydrogen) atoms. The standard InChI is InChI=1S/C19H23F2N5O3.C2HF3O2/c1-3-4-13(7-17(20)21)19(29)25(11-18(27)28)9-14-10-26(24-23-14)15-6-5-12(2)16(22)8-15;3-2(4,5)1(6)7/h3,5-6,8,10,13,17H,1,4,7,9,11,22H2,2H3,(H,27,28);(H,6,7). The van der Waals surface area contributed by atoms with E-state index in [1.165, 1.54) is 17.0 Å². The van der Waals surface area contributed by atoms with Crippen LogP contribution < -0.4 is 5.73 Å². The molecule has 0 fully saturated rings. The van der Waals surface area contributed by atoms with E-state index >= 15 is 0 Å². The van der Waals surface area contributed by atoms with Gasteiger partial charge in [0.1, 0.15) is 12.2 Å². The number of rotatable bonds is 10. The molecule has 2 aromatic rings. The van der Waals surface area contributed by atoms with Gasteiger partial charge in [0.25, 0.3) is 0 Å². The van der Waals surface area contributed by atoms with Gasteiger partial charge >= 0.3 is 18.1 Å². The second kappa shape index (κ2) is 13.2. The molecule has 0 aliphatic rings. The lowest BCUT2D eigenvalue weighted by Gasteiger charge is -2.24. The molecule has 2 rings (SSSR count). The Morgan fingerprint density at radius 3 is 2.33 bits per heavy atom. The van der Waals surface area contributed by atoms with Crippen LogP contribution in [-0.2, 0) is 20.9 Å². The summed E-state index contributed by atoms with van der Waals surface area (Å²) in [5, 5.41) is 24.2. The highest BCUT2D eigenvalue weighted by molar-refractivity contribution is 5.83. The molecule has 1 aromatic carbocycles. The van der Waals surface area contributed by atoms with Crippen LogP contribution in [0.4, 0.5) is 27.6 Å². The summed E-state index contributed by atoms with van der Waals surface area (Å²) in [6, 6.07) is 5.31. The third-order valence-corrected chi connectivity index (χ3v) is 4.56. The lowest BCUT2D eigenvalue weighted by atomic mass is 9.99. The van der Waals surface area contributed by atoms with E-state index in [4.69, 9.17) is 20.7 Å². The summed E-state index contributed by atoms with van der Waals surface area (Å²) >= 11 is 0. The summed E-state index contributed by atoms with van der Waals surface area (Å²) in [6.07, 6.45) is -5.53. The normalized spacial score (nSPS) is 11.9. The lowest BCUT2D eigenvalue weighted by Crippen LogP contribution is -2.39. The molecule has 15 heteroatoms. The molecular formula is C21H24F5N5O5. The summed E-state index contributed by atoms with van der Waals surface area (Å²) in [5.74, 6) is -5.76. The minimum atomic E-state index is -5.08. The summed E-state index contributed by atoms with van der Waals surface area (Å²) in [5.41, 5.74) is 8.32. The van der Waals surface area contributed by atoms with Gasteiger partial charge in [-0.1, -0.05) is 17.4 Å². The molecule has 0 saturated heterocycles. The molecule has 0 radical (unpaired) electrons. The van der Waals surface area contributed by atoms with E-state index in [1.54, 1.807) is 12.1 Å². The van der Waals surface area contributed by atoms with E-state index < -0.39 is 49.3 Å². The zero-order valence-electron chi connectivity index (χ0n) is 19.0. The minimum Gasteiger partial charge on any atom is -0.480 e. The summed E-state index contributed by atoms with van der Waals surface area (Å²) < 4.78 is 58.8. The second-order valence-corrected chi connectivity index (χ2v) is 7.43. The van der Waals surface area contributed by atoms with Gasteiger partial charge in [-0.3, -0.25) is 9.59 Å². The Kier molecular flexibility index (Phi) is 11.0. The highest BCUT2D eigenvalue weighted by Crippen LogP contribution is 2.20. The van der Waals surface area contributed by atoms with Crippen molar-refractivity contribution in [3.05, 3.63) is 48.3 Å². The molecule has 4 N–H and O–H groups in total. The number of halogens is 5. The number of benzene rings is 1. The van der Waals surface area contributed by atoms with Gasteiger partial charge in [-0.05, 0) is 31.0 Å². The zero-order chi connectivity index (χ0) is 27.6. The SMILES string of the molecule is C=CCC(CC(F)F)C(=O)N(CC(=O)O)Cc1cn(-c2ccc(C)c(N)c2)nn1.O=C(O)C(F)(F)F. The monoisotopic (exact) mass is 521 g/mol. The maximum atomic E-state index is 12.8. The van der Waals surface area contributed by atoms with Crippen LogP contribution in [0.3, 0.4) is 0 Å². The van der Waals surface area contributed by atoms with Gasteiger partial charge in [0.15, 0.2) is 0 Å².